The molecule has 0 saturated carbocycles. The third kappa shape index (κ3) is 3.40. The van der Waals surface area contributed by atoms with E-state index in [9.17, 15) is 0 Å². The molecule has 0 bridgehead atoms. The molecule has 0 aliphatic rings. The van der Waals surface area contributed by atoms with Gasteiger partial charge in [0.15, 0.2) is 0 Å². The molecule has 1 aromatic carbocycles. The number of rotatable bonds is 5. The summed E-state index contributed by atoms with van der Waals surface area (Å²) in [5.74, 6) is 0. The first-order valence-corrected chi connectivity index (χ1v) is 7.09. The Hall–Kier alpha value is -1.80. The molecule has 0 aliphatic heterocycles. The zero-order valence-corrected chi connectivity index (χ0v) is 12.5. The maximum absolute atomic E-state index is 9.06. The Morgan fingerprint density at radius 2 is 1.85 bits per heavy atom. The number of aromatic amines is 1. The predicted octanol–water partition coefficient (Wildman–Crippen LogP) is 4.16. The van der Waals surface area contributed by atoms with E-state index in [1.54, 1.807) is 0 Å². The molecule has 2 N–H and O–H groups in total. The van der Waals surface area contributed by atoms with E-state index >= 15 is 0 Å². The zero-order chi connectivity index (χ0) is 14.5. The second kappa shape index (κ2) is 6.58. The molecule has 2 aromatic rings. The summed E-state index contributed by atoms with van der Waals surface area (Å²) in [6.07, 6.45) is 8.25. The van der Waals surface area contributed by atoms with E-state index in [0.29, 0.717) is 0 Å². The maximum atomic E-state index is 9.06. The number of fused-ring (bicyclic) bond motifs is 1. The average molecular weight is 269 g/mol. The minimum Gasteiger partial charge on any atom is -0.392 e. The molecule has 0 amide bonds. The quantitative estimate of drug-likeness (QED) is 0.786. The molecule has 0 aliphatic carbocycles. The van der Waals surface area contributed by atoms with Crippen LogP contribution in [0.15, 0.2) is 47.7 Å². The van der Waals surface area contributed by atoms with Crippen molar-refractivity contribution in [3.05, 3.63) is 58.8 Å². The number of nitrogens with one attached hydrogen (secondary N) is 1. The number of hydrogen-bond donors (Lipinski definition) is 2. The molecular formula is C18H23NO. The fourth-order valence-electron chi connectivity index (χ4n) is 2.28. The summed E-state index contributed by atoms with van der Waals surface area (Å²) < 4.78 is 0. The van der Waals surface area contributed by atoms with Crippen LogP contribution in [0, 0.1) is 0 Å². The number of benzene rings is 1. The van der Waals surface area contributed by atoms with E-state index in [2.05, 4.69) is 55.4 Å². The van der Waals surface area contributed by atoms with Gasteiger partial charge in [0, 0.05) is 17.1 Å². The maximum Gasteiger partial charge on any atom is 0.0639 e. The van der Waals surface area contributed by atoms with Gasteiger partial charge in [0.25, 0.3) is 0 Å². The molecule has 0 unspecified atom stereocenters. The molecule has 2 heteroatoms. The van der Waals surface area contributed by atoms with Crippen LogP contribution in [0.25, 0.3) is 10.9 Å². The van der Waals surface area contributed by atoms with E-state index in [4.69, 9.17) is 5.11 Å². The SMILES string of the molecule is CC(C)=CCc1cccc2c(C/C=C(\C)CO)c[nH]c12. The van der Waals surface area contributed by atoms with Gasteiger partial charge < -0.3 is 10.1 Å². The molecule has 2 nitrogen and oxygen atoms in total. The summed E-state index contributed by atoms with van der Waals surface area (Å²) in [5, 5.41) is 10.3. The fourth-order valence-corrected chi connectivity index (χ4v) is 2.28. The highest BCUT2D eigenvalue weighted by Crippen LogP contribution is 2.23. The van der Waals surface area contributed by atoms with E-state index in [1.807, 2.05) is 6.92 Å². The highest BCUT2D eigenvalue weighted by Gasteiger charge is 2.06. The zero-order valence-electron chi connectivity index (χ0n) is 12.5. The lowest BCUT2D eigenvalue weighted by Crippen LogP contribution is -1.87. The van der Waals surface area contributed by atoms with Gasteiger partial charge in [0.05, 0.1) is 6.61 Å². The van der Waals surface area contributed by atoms with E-state index in [0.717, 1.165) is 18.4 Å². The van der Waals surface area contributed by atoms with Crippen LogP contribution in [0.4, 0.5) is 0 Å². The third-order valence-corrected chi connectivity index (χ3v) is 3.54. The molecule has 1 aromatic heterocycles. The first kappa shape index (κ1) is 14.6. The Kier molecular flexibility index (Phi) is 4.80. The lowest BCUT2D eigenvalue weighted by atomic mass is 10.0. The summed E-state index contributed by atoms with van der Waals surface area (Å²) in [4.78, 5) is 3.40. The molecular weight excluding hydrogens is 246 g/mol. The summed E-state index contributed by atoms with van der Waals surface area (Å²) >= 11 is 0. The molecule has 0 atom stereocenters. The van der Waals surface area contributed by atoms with Crippen LogP contribution >= 0.6 is 0 Å². The Bertz CT molecular complexity index is 642. The van der Waals surface area contributed by atoms with Crippen molar-refractivity contribution in [3.8, 4) is 0 Å². The smallest absolute Gasteiger partial charge is 0.0639 e. The lowest BCUT2D eigenvalue weighted by Gasteiger charge is -2.02. The van der Waals surface area contributed by atoms with Gasteiger partial charge in [0.1, 0.15) is 0 Å². The van der Waals surface area contributed by atoms with Crippen LogP contribution in [-0.2, 0) is 12.8 Å². The first-order chi connectivity index (χ1) is 9.61. The summed E-state index contributed by atoms with van der Waals surface area (Å²) in [6.45, 7) is 6.34. The first-order valence-electron chi connectivity index (χ1n) is 7.09. The largest absolute Gasteiger partial charge is 0.392 e. The van der Waals surface area contributed by atoms with Crippen molar-refractivity contribution in [1.82, 2.24) is 4.98 Å². The number of hydrogen-bond acceptors (Lipinski definition) is 1. The van der Waals surface area contributed by atoms with Crippen molar-refractivity contribution in [2.75, 3.05) is 6.61 Å². The molecule has 106 valence electrons. The molecule has 0 saturated heterocycles. The third-order valence-electron chi connectivity index (χ3n) is 3.54. The van der Waals surface area contributed by atoms with Gasteiger partial charge in [-0.2, -0.15) is 0 Å². The Morgan fingerprint density at radius 3 is 2.55 bits per heavy atom. The topological polar surface area (TPSA) is 36.0 Å². The number of aromatic nitrogens is 1. The summed E-state index contributed by atoms with van der Waals surface area (Å²) in [6, 6.07) is 6.46. The molecule has 0 fully saturated rings. The van der Waals surface area contributed by atoms with E-state index in [1.165, 1.54) is 27.6 Å². The fraction of sp³-hybridized carbons (Fsp3) is 0.333. The number of aliphatic hydroxyl groups is 1. The van der Waals surface area contributed by atoms with Gasteiger partial charge in [-0.15, -0.1) is 0 Å². The highest BCUT2D eigenvalue weighted by molar-refractivity contribution is 5.86. The van der Waals surface area contributed by atoms with Gasteiger partial charge in [-0.1, -0.05) is 41.5 Å². The Morgan fingerprint density at radius 1 is 1.10 bits per heavy atom. The molecule has 1 heterocycles. The number of para-hydroxylation sites is 1. The summed E-state index contributed by atoms with van der Waals surface area (Å²) in [7, 11) is 0. The minimum absolute atomic E-state index is 0.133. The van der Waals surface area contributed by atoms with Crippen LogP contribution in [0.3, 0.4) is 0 Å². The average Bonchev–Trinajstić information content (AvgIpc) is 2.86. The highest BCUT2D eigenvalue weighted by atomic mass is 16.3. The Balaban J connectivity index is 2.32. The Labute approximate surface area is 120 Å². The number of allylic oxidation sites excluding steroid dienone is 3. The van der Waals surface area contributed by atoms with Gasteiger partial charge in [-0.05, 0) is 44.7 Å². The van der Waals surface area contributed by atoms with Crippen LogP contribution in [-0.4, -0.2) is 16.7 Å². The minimum atomic E-state index is 0.133. The van der Waals surface area contributed by atoms with Crippen LogP contribution in [0.2, 0.25) is 0 Å². The van der Waals surface area contributed by atoms with Crippen molar-refractivity contribution < 1.29 is 5.11 Å². The van der Waals surface area contributed by atoms with Crippen molar-refractivity contribution in [3.63, 3.8) is 0 Å². The van der Waals surface area contributed by atoms with Crippen molar-refractivity contribution in [2.24, 2.45) is 0 Å². The number of aliphatic hydroxyl groups excluding tert-OH is 1. The van der Waals surface area contributed by atoms with Gasteiger partial charge in [0.2, 0.25) is 0 Å². The van der Waals surface area contributed by atoms with Crippen LogP contribution in [0.1, 0.15) is 31.9 Å². The van der Waals surface area contributed by atoms with Gasteiger partial charge >= 0.3 is 0 Å². The molecule has 0 radical (unpaired) electrons. The standard InChI is InChI=1S/C18H23NO/c1-13(2)7-9-15-5-4-6-17-16(11-19-18(15)17)10-8-14(3)12-20/h4-8,11,19-20H,9-10,12H2,1-3H3/b14-8+. The van der Waals surface area contributed by atoms with Gasteiger partial charge in [-0.25, -0.2) is 0 Å². The van der Waals surface area contributed by atoms with Crippen molar-refractivity contribution in [1.29, 1.82) is 0 Å². The van der Waals surface area contributed by atoms with Crippen LogP contribution < -0.4 is 0 Å². The van der Waals surface area contributed by atoms with Crippen molar-refractivity contribution in [2.45, 2.75) is 33.6 Å². The molecule has 20 heavy (non-hydrogen) atoms. The van der Waals surface area contributed by atoms with E-state index in [-0.39, 0.29) is 6.61 Å². The normalized spacial score (nSPS) is 11.9. The van der Waals surface area contributed by atoms with Crippen LogP contribution in [0.5, 0.6) is 0 Å². The molecule has 2 rings (SSSR count). The lowest BCUT2D eigenvalue weighted by molar-refractivity contribution is 0.331. The second-order valence-electron chi connectivity index (χ2n) is 5.55. The van der Waals surface area contributed by atoms with E-state index < -0.39 is 0 Å². The predicted molar refractivity (Wildman–Crippen MR) is 86.0 cm³/mol. The second-order valence-corrected chi connectivity index (χ2v) is 5.55. The number of H-pyrrole nitrogens is 1. The van der Waals surface area contributed by atoms with Crippen molar-refractivity contribution >= 4 is 10.9 Å². The molecule has 0 spiro atoms. The monoisotopic (exact) mass is 269 g/mol. The summed E-state index contributed by atoms with van der Waals surface area (Å²) in [5.41, 5.74) is 6.20. The van der Waals surface area contributed by atoms with Gasteiger partial charge in [-0.3, -0.25) is 0 Å².